The summed E-state index contributed by atoms with van der Waals surface area (Å²) < 4.78 is 0. The van der Waals surface area contributed by atoms with Crippen LogP contribution in [0.15, 0.2) is 11.6 Å². The molecular formula is C8H9ClO. The summed E-state index contributed by atoms with van der Waals surface area (Å²) in [7, 11) is 0. The highest BCUT2D eigenvalue weighted by Gasteiger charge is 2.34. The van der Waals surface area contributed by atoms with Crippen molar-refractivity contribution in [2.45, 2.75) is 19.3 Å². The van der Waals surface area contributed by atoms with E-state index in [2.05, 4.69) is 6.08 Å². The summed E-state index contributed by atoms with van der Waals surface area (Å²) in [6, 6.07) is 0. The summed E-state index contributed by atoms with van der Waals surface area (Å²) in [5.41, 5.74) is 0.887. The van der Waals surface area contributed by atoms with Crippen molar-refractivity contribution >= 4 is 16.8 Å². The Morgan fingerprint density at radius 3 is 2.70 bits per heavy atom. The average Bonchev–Trinajstić information content (AvgIpc) is 2.44. The smallest absolute Gasteiger partial charge is 0.248 e. The molecule has 2 rings (SSSR count). The van der Waals surface area contributed by atoms with Crippen LogP contribution in [0.25, 0.3) is 0 Å². The Labute approximate surface area is 65.1 Å². The Kier molecular flexibility index (Phi) is 1.34. The number of halogens is 1. The Balaban J connectivity index is 2.25. The molecular weight excluding hydrogens is 148 g/mol. The SMILES string of the molecule is O=C(Cl)C1=CC2CCC1C2. The highest BCUT2D eigenvalue weighted by Crippen LogP contribution is 2.44. The largest absolute Gasteiger partial charge is 0.276 e. The van der Waals surface area contributed by atoms with Crippen LogP contribution in [-0.2, 0) is 4.79 Å². The van der Waals surface area contributed by atoms with Crippen molar-refractivity contribution in [1.29, 1.82) is 0 Å². The fraction of sp³-hybridized carbons (Fsp3) is 0.625. The van der Waals surface area contributed by atoms with Gasteiger partial charge in [-0.3, -0.25) is 4.79 Å². The normalized spacial score (nSPS) is 36.3. The molecule has 2 aliphatic carbocycles. The van der Waals surface area contributed by atoms with Crippen LogP contribution in [0, 0.1) is 11.8 Å². The van der Waals surface area contributed by atoms with E-state index in [1.54, 1.807) is 0 Å². The van der Waals surface area contributed by atoms with Gasteiger partial charge in [-0.1, -0.05) is 6.08 Å². The fourth-order valence-electron chi connectivity index (χ4n) is 2.07. The molecule has 2 aliphatic rings. The molecule has 10 heavy (non-hydrogen) atoms. The molecule has 0 aromatic heterocycles. The maximum atomic E-state index is 10.7. The number of hydrogen-bond donors (Lipinski definition) is 0. The van der Waals surface area contributed by atoms with Crippen LogP contribution in [0.5, 0.6) is 0 Å². The average molecular weight is 157 g/mol. The molecule has 0 N–H and O–H groups in total. The first-order chi connectivity index (χ1) is 4.77. The summed E-state index contributed by atoms with van der Waals surface area (Å²) in [4.78, 5) is 10.7. The molecule has 0 amide bonds. The Morgan fingerprint density at radius 1 is 1.60 bits per heavy atom. The molecule has 2 atom stereocenters. The number of fused-ring (bicyclic) bond motifs is 2. The first-order valence-electron chi connectivity index (χ1n) is 3.69. The van der Waals surface area contributed by atoms with E-state index < -0.39 is 0 Å². The van der Waals surface area contributed by atoms with Crippen LogP contribution in [-0.4, -0.2) is 5.24 Å². The highest BCUT2D eigenvalue weighted by atomic mass is 35.5. The van der Waals surface area contributed by atoms with E-state index in [0.29, 0.717) is 11.8 Å². The van der Waals surface area contributed by atoms with E-state index in [1.807, 2.05) is 0 Å². The number of allylic oxidation sites excluding steroid dienone is 2. The summed E-state index contributed by atoms with van der Waals surface area (Å²) >= 11 is 5.37. The van der Waals surface area contributed by atoms with Crippen LogP contribution in [0.2, 0.25) is 0 Å². The Morgan fingerprint density at radius 2 is 2.40 bits per heavy atom. The molecule has 2 bridgehead atoms. The van der Waals surface area contributed by atoms with E-state index >= 15 is 0 Å². The topological polar surface area (TPSA) is 17.1 Å². The number of hydrogen-bond acceptors (Lipinski definition) is 1. The Bertz CT molecular complexity index is 207. The molecule has 1 nitrogen and oxygen atoms in total. The van der Waals surface area contributed by atoms with Crippen molar-refractivity contribution in [2.75, 3.05) is 0 Å². The second-order valence-electron chi connectivity index (χ2n) is 3.17. The quantitative estimate of drug-likeness (QED) is 0.532. The van der Waals surface area contributed by atoms with E-state index in [4.69, 9.17) is 11.6 Å². The Hall–Kier alpha value is -0.300. The lowest BCUT2D eigenvalue weighted by Gasteiger charge is -2.07. The molecule has 0 heterocycles. The maximum absolute atomic E-state index is 10.7. The molecule has 2 heteroatoms. The second-order valence-corrected chi connectivity index (χ2v) is 3.51. The number of carbonyl (C=O) groups excluding carboxylic acids is 1. The third-order valence-electron chi connectivity index (χ3n) is 2.56. The zero-order chi connectivity index (χ0) is 7.14. The van der Waals surface area contributed by atoms with Gasteiger partial charge in [0.05, 0.1) is 0 Å². The molecule has 1 fully saturated rings. The highest BCUT2D eigenvalue weighted by molar-refractivity contribution is 6.67. The van der Waals surface area contributed by atoms with E-state index in [1.165, 1.54) is 19.3 Å². The number of carbonyl (C=O) groups is 1. The van der Waals surface area contributed by atoms with Crippen molar-refractivity contribution in [3.8, 4) is 0 Å². The monoisotopic (exact) mass is 156 g/mol. The van der Waals surface area contributed by atoms with Crippen LogP contribution in [0.1, 0.15) is 19.3 Å². The minimum absolute atomic E-state index is 0.229. The first-order valence-corrected chi connectivity index (χ1v) is 4.06. The second kappa shape index (κ2) is 2.09. The van der Waals surface area contributed by atoms with E-state index in [-0.39, 0.29) is 5.24 Å². The van der Waals surface area contributed by atoms with Crippen molar-refractivity contribution in [3.05, 3.63) is 11.6 Å². The predicted molar refractivity (Wildman–Crippen MR) is 39.8 cm³/mol. The lowest BCUT2D eigenvalue weighted by Crippen LogP contribution is -2.03. The molecule has 0 aromatic rings. The molecule has 0 radical (unpaired) electrons. The van der Waals surface area contributed by atoms with Gasteiger partial charge in [0.1, 0.15) is 0 Å². The minimum Gasteiger partial charge on any atom is -0.276 e. The minimum atomic E-state index is -0.229. The first kappa shape index (κ1) is 6.41. The van der Waals surface area contributed by atoms with Gasteiger partial charge in [-0.15, -0.1) is 0 Å². The molecule has 0 aliphatic heterocycles. The third-order valence-corrected chi connectivity index (χ3v) is 2.77. The zero-order valence-corrected chi connectivity index (χ0v) is 6.40. The van der Waals surface area contributed by atoms with E-state index in [9.17, 15) is 4.79 Å². The van der Waals surface area contributed by atoms with Crippen LogP contribution in [0.3, 0.4) is 0 Å². The van der Waals surface area contributed by atoms with Crippen LogP contribution in [0.4, 0.5) is 0 Å². The number of rotatable bonds is 1. The van der Waals surface area contributed by atoms with Gasteiger partial charge in [0, 0.05) is 5.57 Å². The van der Waals surface area contributed by atoms with Gasteiger partial charge in [-0.05, 0) is 42.7 Å². The van der Waals surface area contributed by atoms with Gasteiger partial charge < -0.3 is 0 Å². The summed E-state index contributed by atoms with van der Waals surface area (Å²) in [5, 5.41) is -0.229. The maximum Gasteiger partial charge on any atom is 0.248 e. The predicted octanol–water partition coefficient (Wildman–Crippen LogP) is 2.11. The van der Waals surface area contributed by atoms with Crippen molar-refractivity contribution in [3.63, 3.8) is 0 Å². The fourth-order valence-corrected chi connectivity index (χ4v) is 2.28. The van der Waals surface area contributed by atoms with Crippen LogP contribution >= 0.6 is 11.6 Å². The van der Waals surface area contributed by atoms with Crippen molar-refractivity contribution in [2.24, 2.45) is 11.8 Å². The molecule has 1 saturated carbocycles. The van der Waals surface area contributed by atoms with Gasteiger partial charge in [0.2, 0.25) is 5.24 Å². The van der Waals surface area contributed by atoms with E-state index in [0.717, 1.165) is 5.57 Å². The van der Waals surface area contributed by atoms with Crippen LogP contribution < -0.4 is 0 Å². The standard InChI is InChI=1S/C8H9ClO/c9-8(10)7-4-5-1-2-6(7)3-5/h4-6H,1-3H2. The molecule has 54 valence electrons. The third kappa shape index (κ3) is 0.807. The summed E-state index contributed by atoms with van der Waals surface area (Å²) in [6.07, 6.45) is 5.67. The molecule has 2 unspecified atom stereocenters. The zero-order valence-electron chi connectivity index (χ0n) is 5.64. The lowest BCUT2D eigenvalue weighted by atomic mass is 10.00. The molecule has 0 saturated heterocycles. The van der Waals surface area contributed by atoms with Gasteiger partial charge in [-0.25, -0.2) is 0 Å². The van der Waals surface area contributed by atoms with Gasteiger partial charge in [0.15, 0.2) is 0 Å². The van der Waals surface area contributed by atoms with Gasteiger partial charge >= 0.3 is 0 Å². The summed E-state index contributed by atoms with van der Waals surface area (Å²) in [6.45, 7) is 0. The van der Waals surface area contributed by atoms with Gasteiger partial charge in [-0.2, -0.15) is 0 Å². The molecule has 0 aromatic carbocycles. The molecule has 0 spiro atoms. The van der Waals surface area contributed by atoms with Gasteiger partial charge in [0.25, 0.3) is 0 Å². The van der Waals surface area contributed by atoms with Crippen molar-refractivity contribution in [1.82, 2.24) is 0 Å². The van der Waals surface area contributed by atoms with Crippen molar-refractivity contribution < 1.29 is 4.79 Å². The summed E-state index contributed by atoms with van der Waals surface area (Å²) in [5.74, 6) is 1.18. The lowest BCUT2D eigenvalue weighted by molar-refractivity contribution is -0.109.